The Labute approximate surface area is 190 Å². The maximum Gasteiger partial charge on any atom is 0.335 e. The van der Waals surface area contributed by atoms with Gasteiger partial charge in [0.15, 0.2) is 5.54 Å². The van der Waals surface area contributed by atoms with Crippen molar-refractivity contribution in [1.82, 2.24) is 14.5 Å². The summed E-state index contributed by atoms with van der Waals surface area (Å²) < 4.78 is 16.5. The number of nitrogens with zero attached hydrogens (tertiary/aromatic N) is 2. The molecule has 0 saturated carbocycles. The molecular weight excluding hydrogens is 434 g/mol. The number of benzene rings is 2. The van der Waals surface area contributed by atoms with Crippen LogP contribution in [0.5, 0.6) is 11.5 Å². The first kappa shape index (κ1) is 22.0. The van der Waals surface area contributed by atoms with Gasteiger partial charge in [0.25, 0.3) is 11.8 Å². The van der Waals surface area contributed by atoms with E-state index >= 15 is 0 Å². The van der Waals surface area contributed by atoms with Crippen molar-refractivity contribution in [2.45, 2.75) is 12.1 Å². The molecule has 1 fully saturated rings. The van der Waals surface area contributed by atoms with Crippen molar-refractivity contribution in [2.24, 2.45) is 0 Å². The molecule has 10 heteroatoms. The second-order valence-electron chi connectivity index (χ2n) is 7.50. The van der Waals surface area contributed by atoms with Crippen molar-refractivity contribution in [3.05, 3.63) is 59.2 Å². The van der Waals surface area contributed by atoms with E-state index in [2.05, 4.69) is 18.1 Å². The zero-order chi connectivity index (χ0) is 22.9. The number of thiol groups is 1. The van der Waals surface area contributed by atoms with Gasteiger partial charge in [-0.1, -0.05) is 31.0 Å². The number of amides is 4. The van der Waals surface area contributed by atoms with Gasteiger partial charge < -0.3 is 24.4 Å². The number of fused-ring (bicyclic) bond motifs is 1. The van der Waals surface area contributed by atoms with Crippen molar-refractivity contribution in [2.75, 3.05) is 34.0 Å². The average molecular weight is 458 g/mol. The number of imide groups is 1. The van der Waals surface area contributed by atoms with E-state index in [0.29, 0.717) is 42.4 Å². The number of ether oxygens (including phenoxy) is 3. The largest absolute Gasteiger partial charge is 0.497 e. The fraction of sp³-hybridized carbons (Fsp3) is 0.318. The molecule has 2 aliphatic rings. The van der Waals surface area contributed by atoms with Crippen LogP contribution in [0.15, 0.2) is 42.5 Å². The molecule has 4 rings (SSSR count). The number of carbonyl (C=O) groups is 3. The zero-order valence-corrected chi connectivity index (χ0v) is 18.6. The summed E-state index contributed by atoms with van der Waals surface area (Å²) in [5.41, 5.74) is 0.396. The topological polar surface area (TPSA) is 97.4 Å². The molecule has 1 atom stereocenters. The molecule has 32 heavy (non-hydrogen) atoms. The number of hydrogen-bond donors (Lipinski definition) is 2. The number of urea groups is 1. The second kappa shape index (κ2) is 8.71. The maximum absolute atomic E-state index is 13.2. The summed E-state index contributed by atoms with van der Waals surface area (Å²) in [6.45, 7) is 1.09. The predicted molar refractivity (Wildman–Crippen MR) is 118 cm³/mol. The van der Waals surface area contributed by atoms with Gasteiger partial charge >= 0.3 is 6.03 Å². The molecule has 0 spiro atoms. The minimum atomic E-state index is -1.47. The standard InChI is InChI=1S/C22H23N3O6S/c1-29-9-10-31-16-7-4-15(5-8-16)22(20(27)25(32)21(28)23-22)13-24-12-14-3-6-17(30-2)11-18(14)19(24)26/h3-8,11,32H,9-10,12-13H2,1-2H3,(H,23,28)/t22-/m0/s1. The monoisotopic (exact) mass is 457 g/mol. The lowest BCUT2D eigenvalue weighted by atomic mass is 9.89. The minimum Gasteiger partial charge on any atom is -0.497 e. The quantitative estimate of drug-likeness (QED) is 0.357. The van der Waals surface area contributed by atoms with Crippen LogP contribution in [0.4, 0.5) is 4.79 Å². The van der Waals surface area contributed by atoms with Crippen molar-refractivity contribution in [1.29, 1.82) is 0 Å². The highest BCUT2D eigenvalue weighted by atomic mass is 32.1. The molecule has 168 valence electrons. The summed E-state index contributed by atoms with van der Waals surface area (Å²) >= 11 is 4.03. The Morgan fingerprint density at radius 1 is 1.03 bits per heavy atom. The van der Waals surface area contributed by atoms with Gasteiger partial charge in [-0.3, -0.25) is 9.59 Å². The normalized spacial score (nSPS) is 19.9. The summed E-state index contributed by atoms with van der Waals surface area (Å²) in [5.74, 6) is 0.374. The number of rotatable bonds is 8. The van der Waals surface area contributed by atoms with Gasteiger partial charge in [0.05, 0.1) is 20.3 Å². The van der Waals surface area contributed by atoms with E-state index in [1.165, 1.54) is 12.0 Å². The fourth-order valence-electron chi connectivity index (χ4n) is 3.92. The number of nitrogens with one attached hydrogen (secondary N) is 1. The molecule has 9 nitrogen and oxygen atoms in total. The van der Waals surface area contributed by atoms with Crippen molar-refractivity contribution >= 4 is 30.7 Å². The van der Waals surface area contributed by atoms with Gasteiger partial charge in [-0.05, 0) is 35.4 Å². The van der Waals surface area contributed by atoms with Crippen molar-refractivity contribution in [3.8, 4) is 11.5 Å². The van der Waals surface area contributed by atoms with Crippen LogP contribution in [0.3, 0.4) is 0 Å². The molecule has 2 aliphatic heterocycles. The minimum absolute atomic E-state index is 0.0473. The van der Waals surface area contributed by atoms with Crippen LogP contribution < -0.4 is 14.8 Å². The molecule has 0 unspecified atom stereocenters. The molecule has 0 aliphatic carbocycles. The molecule has 4 amide bonds. The highest BCUT2D eigenvalue weighted by molar-refractivity contribution is 7.79. The summed E-state index contributed by atoms with van der Waals surface area (Å²) in [5, 5.41) is 2.73. The summed E-state index contributed by atoms with van der Waals surface area (Å²) in [6, 6.07) is 11.4. The van der Waals surface area contributed by atoms with Gasteiger partial charge in [0.1, 0.15) is 18.1 Å². The Hall–Kier alpha value is -3.24. The van der Waals surface area contributed by atoms with Crippen LogP contribution in [0.2, 0.25) is 0 Å². The Morgan fingerprint density at radius 2 is 1.75 bits per heavy atom. The van der Waals surface area contributed by atoms with E-state index in [9.17, 15) is 14.4 Å². The highest BCUT2D eigenvalue weighted by Crippen LogP contribution is 2.35. The molecule has 0 bridgehead atoms. The van der Waals surface area contributed by atoms with E-state index < -0.39 is 17.5 Å². The summed E-state index contributed by atoms with van der Waals surface area (Å²) in [6.07, 6.45) is 0. The van der Waals surface area contributed by atoms with Gasteiger partial charge in [0, 0.05) is 19.2 Å². The lowest BCUT2D eigenvalue weighted by Crippen LogP contribution is -2.52. The van der Waals surface area contributed by atoms with Crippen LogP contribution in [0.25, 0.3) is 0 Å². The maximum atomic E-state index is 13.2. The Kier molecular flexibility index (Phi) is 5.98. The first-order valence-electron chi connectivity index (χ1n) is 9.93. The fourth-order valence-corrected chi connectivity index (χ4v) is 4.14. The number of methoxy groups -OCH3 is 2. The third-order valence-corrected chi connectivity index (χ3v) is 5.96. The van der Waals surface area contributed by atoms with E-state index in [-0.39, 0.29) is 12.5 Å². The van der Waals surface area contributed by atoms with Crippen molar-refractivity contribution in [3.63, 3.8) is 0 Å². The smallest absolute Gasteiger partial charge is 0.335 e. The van der Waals surface area contributed by atoms with Gasteiger partial charge in [0.2, 0.25) is 0 Å². The van der Waals surface area contributed by atoms with Crippen LogP contribution in [0, 0.1) is 0 Å². The number of hydrogen-bond acceptors (Lipinski definition) is 7. The molecular formula is C22H23N3O6S. The van der Waals surface area contributed by atoms with Gasteiger partial charge in [-0.25, -0.2) is 9.10 Å². The SMILES string of the molecule is COCCOc1ccc([C@]2(CN3Cc4ccc(OC)cc4C3=O)NC(=O)N(S)C2=O)cc1. The van der Waals surface area contributed by atoms with Crippen LogP contribution in [-0.4, -0.2) is 61.0 Å². The molecule has 2 aromatic rings. The number of carbonyl (C=O) groups excluding carboxylic acids is 3. The molecule has 0 radical (unpaired) electrons. The average Bonchev–Trinajstić information content (AvgIpc) is 3.23. The molecule has 0 aromatic heterocycles. The summed E-state index contributed by atoms with van der Waals surface area (Å²) in [7, 11) is 3.12. The first-order chi connectivity index (χ1) is 15.4. The lowest BCUT2D eigenvalue weighted by molar-refractivity contribution is -0.128. The Bertz CT molecular complexity index is 1060. The molecule has 2 aromatic carbocycles. The summed E-state index contributed by atoms with van der Waals surface area (Å²) in [4.78, 5) is 40.1. The van der Waals surface area contributed by atoms with E-state index in [0.717, 1.165) is 9.87 Å². The van der Waals surface area contributed by atoms with Gasteiger partial charge in [-0.15, -0.1) is 0 Å². The van der Waals surface area contributed by atoms with E-state index in [1.807, 2.05) is 6.07 Å². The third-order valence-electron chi connectivity index (χ3n) is 5.60. The highest BCUT2D eigenvalue weighted by Gasteiger charge is 2.54. The Balaban J connectivity index is 1.63. The Morgan fingerprint density at radius 3 is 2.38 bits per heavy atom. The van der Waals surface area contributed by atoms with E-state index in [1.54, 1.807) is 43.5 Å². The lowest BCUT2D eigenvalue weighted by Gasteiger charge is -2.31. The first-order valence-corrected chi connectivity index (χ1v) is 10.3. The van der Waals surface area contributed by atoms with Crippen LogP contribution in [0.1, 0.15) is 21.5 Å². The predicted octanol–water partition coefficient (Wildman–Crippen LogP) is 1.97. The molecule has 1 N–H and O–H groups in total. The van der Waals surface area contributed by atoms with E-state index in [4.69, 9.17) is 14.2 Å². The third kappa shape index (κ3) is 3.76. The molecule has 2 heterocycles. The zero-order valence-electron chi connectivity index (χ0n) is 17.7. The molecule has 1 saturated heterocycles. The second-order valence-corrected chi connectivity index (χ2v) is 7.90. The van der Waals surface area contributed by atoms with Crippen LogP contribution in [-0.2, 0) is 21.6 Å². The van der Waals surface area contributed by atoms with Crippen LogP contribution >= 0.6 is 12.8 Å². The van der Waals surface area contributed by atoms with Crippen molar-refractivity contribution < 1.29 is 28.6 Å². The van der Waals surface area contributed by atoms with Gasteiger partial charge in [-0.2, -0.15) is 0 Å².